The first-order valence-corrected chi connectivity index (χ1v) is 6.23. The molecule has 0 bridgehead atoms. The smallest absolute Gasteiger partial charge is 0.124 e. The second-order valence-electron chi connectivity index (χ2n) is 3.53. The van der Waals surface area contributed by atoms with E-state index in [1.54, 1.807) is 24.1 Å². The summed E-state index contributed by atoms with van der Waals surface area (Å²) >= 11 is 1.62. The summed E-state index contributed by atoms with van der Waals surface area (Å²) in [5.41, 5.74) is 1.18. The van der Waals surface area contributed by atoms with Crippen LogP contribution in [0.25, 0.3) is 0 Å². The Morgan fingerprint density at radius 3 is 2.88 bits per heavy atom. The summed E-state index contributed by atoms with van der Waals surface area (Å²) in [5, 5.41) is 8.72. The van der Waals surface area contributed by atoms with Gasteiger partial charge in [-0.25, -0.2) is 4.39 Å². The van der Waals surface area contributed by atoms with E-state index in [1.165, 1.54) is 12.1 Å². The van der Waals surface area contributed by atoms with Gasteiger partial charge in [0.2, 0.25) is 0 Å². The normalized spacial score (nSPS) is 10.1. The van der Waals surface area contributed by atoms with Crippen LogP contribution in [0.15, 0.2) is 41.0 Å². The Kier molecular flexibility index (Phi) is 3.84. The minimum Gasteiger partial charge on any atom is -0.468 e. The zero-order valence-electron chi connectivity index (χ0n) is 9.02. The van der Waals surface area contributed by atoms with E-state index in [0.717, 1.165) is 17.1 Å². The number of halogens is 1. The summed E-state index contributed by atoms with van der Waals surface area (Å²) < 4.78 is 18.3. The van der Waals surface area contributed by atoms with E-state index in [9.17, 15) is 4.39 Å². The van der Waals surface area contributed by atoms with Crippen LogP contribution < -0.4 is 0 Å². The molecule has 0 aliphatic heterocycles. The van der Waals surface area contributed by atoms with Gasteiger partial charge in [-0.3, -0.25) is 0 Å². The molecule has 2 aromatic rings. The minimum absolute atomic E-state index is 0.360. The highest BCUT2D eigenvalue weighted by Crippen LogP contribution is 2.19. The standard InChI is InChI=1S/C13H10FNOS/c14-12-5-10(7-15)4-11(6-12)8-17-9-13-2-1-3-16-13/h1-6H,8-9H2. The molecular formula is C13H10FNOS. The highest BCUT2D eigenvalue weighted by Gasteiger charge is 2.02. The van der Waals surface area contributed by atoms with Crippen molar-refractivity contribution in [2.75, 3.05) is 0 Å². The lowest BCUT2D eigenvalue weighted by Crippen LogP contribution is -1.87. The number of furan rings is 1. The third kappa shape index (κ3) is 3.36. The van der Waals surface area contributed by atoms with Crippen LogP contribution in [0.5, 0.6) is 0 Å². The highest BCUT2D eigenvalue weighted by molar-refractivity contribution is 7.97. The molecule has 0 amide bonds. The lowest BCUT2D eigenvalue weighted by molar-refractivity contribution is 0.530. The van der Waals surface area contributed by atoms with Crippen LogP contribution in [0, 0.1) is 17.1 Å². The Balaban J connectivity index is 1.95. The molecule has 17 heavy (non-hydrogen) atoms. The van der Waals surface area contributed by atoms with Crippen molar-refractivity contribution in [1.29, 1.82) is 5.26 Å². The van der Waals surface area contributed by atoms with E-state index in [-0.39, 0.29) is 5.82 Å². The highest BCUT2D eigenvalue weighted by atomic mass is 32.2. The number of nitrogens with zero attached hydrogens (tertiary/aromatic N) is 1. The fourth-order valence-electron chi connectivity index (χ4n) is 1.46. The van der Waals surface area contributed by atoms with Gasteiger partial charge >= 0.3 is 0 Å². The van der Waals surface area contributed by atoms with E-state index in [0.29, 0.717) is 11.3 Å². The summed E-state index contributed by atoms with van der Waals surface area (Å²) in [6, 6.07) is 10.1. The second kappa shape index (κ2) is 5.55. The molecule has 0 N–H and O–H groups in total. The zero-order chi connectivity index (χ0) is 12.1. The molecule has 0 saturated carbocycles. The summed E-state index contributed by atoms with van der Waals surface area (Å²) in [4.78, 5) is 0. The molecule has 4 heteroatoms. The van der Waals surface area contributed by atoms with Gasteiger partial charge in [-0.2, -0.15) is 5.26 Å². The van der Waals surface area contributed by atoms with E-state index in [2.05, 4.69) is 0 Å². The van der Waals surface area contributed by atoms with Gasteiger partial charge in [-0.1, -0.05) is 0 Å². The van der Waals surface area contributed by atoms with Crippen molar-refractivity contribution in [2.24, 2.45) is 0 Å². The maximum Gasteiger partial charge on any atom is 0.124 e. The van der Waals surface area contributed by atoms with Crippen molar-refractivity contribution in [3.63, 3.8) is 0 Å². The maximum atomic E-state index is 13.1. The molecule has 0 aliphatic rings. The zero-order valence-corrected chi connectivity index (χ0v) is 9.84. The monoisotopic (exact) mass is 247 g/mol. The third-order valence-corrected chi connectivity index (χ3v) is 3.21. The maximum absolute atomic E-state index is 13.1. The predicted molar refractivity (Wildman–Crippen MR) is 64.8 cm³/mol. The number of nitriles is 1. The van der Waals surface area contributed by atoms with Gasteiger partial charge in [0.25, 0.3) is 0 Å². The van der Waals surface area contributed by atoms with Gasteiger partial charge in [0, 0.05) is 5.75 Å². The molecule has 0 saturated heterocycles. The second-order valence-corrected chi connectivity index (χ2v) is 4.52. The molecule has 86 valence electrons. The van der Waals surface area contributed by atoms with Crippen molar-refractivity contribution in [1.82, 2.24) is 0 Å². The number of hydrogen-bond donors (Lipinski definition) is 0. The lowest BCUT2D eigenvalue weighted by atomic mass is 10.1. The van der Waals surface area contributed by atoms with Crippen LogP contribution in [0.4, 0.5) is 4.39 Å². The van der Waals surface area contributed by atoms with Gasteiger partial charge in [-0.15, -0.1) is 11.8 Å². The fourth-order valence-corrected chi connectivity index (χ4v) is 2.33. The largest absolute Gasteiger partial charge is 0.468 e. The van der Waals surface area contributed by atoms with Gasteiger partial charge in [0.05, 0.1) is 23.6 Å². The number of thioether (sulfide) groups is 1. The molecule has 1 aromatic heterocycles. The van der Waals surface area contributed by atoms with Crippen molar-refractivity contribution in [3.8, 4) is 6.07 Å². The van der Waals surface area contributed by atoms with Crippen LogP contribution in [0.3, 0.4) is 0 Å². The molecule has 1 aromatic carbocycles. The van der Waals surface area contributed by atoms with Gasteiger partial charge in [-0.05, 0) is 35.9 Å². The average Bonchev–Trinajstić information content (AvgIpc) is 2.81. The molecule has 0 aliphatic carbocycles. The Hall–Kier alpha value is -1.73. The minimum atomic E-state index is -0.363. The van der Waals surface area contributed by atoms with Crippen LogP contribution in [-0.2, 0) is 11.5 Å². The lowest BCUT2D eigenvalue weighted by Gasteiger charge is -2.01. The molecule has 2 rings (SSSR count). The van der Waals surface area contributed by atoms with Crippen LogP contribution in [0.1, 0.15) is 16.9 Å². The summed E-state index contributed by atoms with van der Waals surface area (Å²) in [6.07, 6.45) is 1.63. The van der Waals surface area contributed by atoms with Gasteiger partial charge in [0.15, 0.2) is 0 Å². The van der Waals surface area contributed by atoms with Crippen molar-refractivity contribution in [2.45, 2.75) is 11.5 Å². The fraction of sp³-hybridized carbons (Fsp3) is 0.154. The molecule has 0 spiro atoms. The third-order valence-electron chi connectivity index (χ3n) is 2.18. The van der Waals surface area contributed by atoms with Gasteiger partial charge in [0.1, 0.15) is 11.6 Å². The molecule has 0 fully saturated rings. The molecule has 0 atom stereocenters. The Bertz CT molecular complexity index is 531. The Morgan fingerprint density at radius 1 is 1.29 bits per heavy atom. The first-order chi connectivity index (χ1) is 8.28. The first kappa shape index (κ1) is 11.7. The van der Waals surface area contributed by atoms with E-state index < -0.39 is 0 Å². The van der Waals surface area contributed by atoms with E-state index >= 15 is 0 Å². The number of benzene rings is 1. The summed E-state index contributed by atoms with van der Waals surface area (Å²) in [7, 11) is 0. The van der Waals surface area contributed by atoms with Gasteiger partial charge < -0.3 is 4.42 Å². The van der Waals surface area contributed by atoms with E-state index in [4.69, 9.17) is 9.68 Å². The Morgan fingerprint density at radius 2 is 2.18 bits per heavy atom. The molecule has 2 nitrogen and oxygen atoms in total. The Labute approximate surface area is 103 Å². The molecule has 0 unspecified atom stereocenters. The van der Waals surface area contributed by atoms with Crippen molar-refractivity contribution in [3.05, 3.63) is 59.3 Å². The van der Waals surface area contributed by atoms with Crippen LogP contribution in [-0.4, -0.2) is 0 Å². The summed E-state index contributed by atoms with van der Waals surface area (Å²) in [6.45, 7) is 0. The van der Waals surface area contributed by atoms with E-state index in [1.807, 2.05) is 18.2 Å². The molecular weight excluding hydrogens is 237 g/mol. The van der Waals surface area contributed by atoms with Crippen LogP contribution in [0.2, 0.25) is 0 Å². The van der Waals surface area contributed by atoms with Crippen molar-refractivity contribution >= 4 is 11.8 Å². The SMILES string of the molecule is N#Cc1cc(F)cc(CSCc2ccco2)c1. The predicted octanol–water partition coefficient (Wildman–Crippen LogP) is 3.72. The number of rotatable bonds is 4. The topological polar surface area (TPSA) is 36.9 Å². The average molecular weight is 247 g/mol. The molecule has 1 heterocycles. The molecule has 0 radical (unpaired) electrons. The number of hydrogen-bond acceptors (Lipinski definition) is 3. The quantitative estimate of drug-likeness (QED) is 0.826. The summed E-state index contributed by atoms with van der Waals surface area (Å²) in [5.74, 6) is 1.93. The van der Waals surface area contributed by atoms with Crippen molar-refractivity contribution < 1.29 is 8.81 Å². The first-order valence-electron chi connectivity index (χ1n) is 5.07. The van der Waals surface area contributed by atoms with Crippen LogP contribution >= 0.6 is 11.8 Å².